The van der Waals surface area contributed by atoms with Gasteiger partial charge in [0.1, 0.15) is 0 Å². The number of carbonyl (C=O) groups excluding carboxylic acids is 1. The molecule has 1 atom stereocenters. The summed E-state index contributed by atoms with van der Waals surface area (Å²) in [7, 11) is 1.77. The van der Waals surface area contributed by atoms with Crippen molar-refractivity contribution in [3.8, 4) is 0 Å². The van der Waals surface area contributed by atoms with Crippen molar-refractivity contribution in [2.45, 2.75) is 19.4 Å². The Balaban J connectivity index is 2.36. The topological polar surface area (TPSA) is 41.1 Å². The molecule has 1 amide bonds. The van der Waals surface area contributed by atoms with E-state index >= 15 is 0 Å². The Morgan fingerprint density at radius 3 is 2.60 bits per heavy atom. The van der Waals surface area contributed by atoms with Crippen LogP contribution in [-0.4, -0.2) is 25.5 Å². The normalized spacial score (nSPS) is 12.1. The highest BCUT2D eigenvalue weighted by Gasteiger charge is 2.06. The summed E-state index contributed by atoms with van der Waals surface area (Å²) in [5, 5.41) is 5.75. The molecule has 0 fully saturated rings. The second kappa shape index (κ2) is 6.19. The summed E-state index contributed by atoms with van der Waals surface area (Å²) < 4.78 is 0. The smallest absolute Gasteiger partial charge is 0.234 e. The quantitative estimate of drug-likeness (QED) is 0.753. The van der Waals surface area contributed by atoms with Gasteiger partial charge in [0.05, 0.1) is 6.54 Å². The molecule has 0 heterocycles. The van der Waals surface area contributed by atoms with Crippen molar-refractivity contribution in [1.82, 2.24) is 10.6 Å². The Morgan fingerprint density at radius 2 is 2.00 bits per heavy atom. The lowest BCUT2D eigenvalue weighted by atomic mass is 10.1. The van der Waals surface area contributed by atoms with Crippen molar-refractivity contribution in [3.63, 3.8) is 0 Å². The highest BCUT2D eigenvalue weighted by atomic mass is 16.1. The average molecular weight is 206 g/mol. The summed E-state index contributed by atoms with van der Waals surface area (Å²) >= 11 is 0. The SMILES string of the molecule is CNCC(=O)N[C@@H](C)Cc1ccccc1. The van der Waals surface area contributed by atoms with Crippen LogP contribution in [0, 0.1) is 0 Å². The van der Waals surface area contributed by atoms with E-state index in [-0.39, 0.29) is 11.9 Å². The third-order valence-corrected chi connectivity index (χ3v) is 2.13. The number of carbonyl (C=O) groups is 1. The van der Waals surface area contributed by atoms with Gasteiger partial charge < -0.3 is 10.6 Å². The van der Waals surface area contributed by atoms with Crippen molar-refractivity contribution in [3.05, 3.63) is 35.9 Å². The summed E-state index contributed by atoms with van der Waals surface area (Å²) in [4.78, 5) is 11.3. The van der Waals surface area contributed by atoms with Gasteiger partial charge in [0.15, 0.2) is 0 Å². The van der Waals surface area contributed by atoms with Gasteiger partial charge in [-0.2, -0.15) is 0 Å². The van der Waals surface area contributed by atoms with Crippen LogP contribution in [0.4, 0.5) is 0 Å². The maximum absolute atomic E-state index is 11.3. The highest BCUT2D eigenvalue weighted by Crippen LogP contribution is 2.02. The minimum Gasteiger partial charge on any atom is -0.352 e. The van der Waals surface area contributed by atoms with E-state index in [9.17, 15) is 4.79 Å². The molecule has 0 spiro atoms. The van der Waals surface area contributed by atoms with Crippen LogP contribution in [0.1, 0.15) is 12.5 Å². The number of hydrogen-bond acceptors (Lipinski definition) is 2. The minimum atomic E-state index is 0.0425. The zero-order valence-electron chi connectivity index (χ0n) is 9.29. The Kier molecular flexibility index (Phi) is 4.84. The number of amides is 1. The minimum absolute atomic E-state index is 0.0425. The lowest BCUT2D eigenvalue weighted by Gasteiger charge is -2.13. The summed E-state index contributed by atoms with van der Waals surface area (Å²) in [6, 6.07) is 10.3. The first-order valence-corrected chi connectivity index (χ1v) is 5.20. The molecule has 0 saturated carbocycles. The molecule has 2 N–H and O–H groups in total. The van der Waals surface area contributed by atoms with Gasteiger partial charge in [0.25, 0.3) is 0 Å². The lowest BCUT2D eigenvalue weighted by molar-refractivity contribution is -0.120. The first-order chi connectivity index (χ1) is 7.22. The Morgan fingerprint density at radius 1 is 1.33 bits per heavy atom. The fourth-order valence-electron chi connectivity index (χ4n) is 1.51. The Labute approximate surface area is 90.9 Å². The molecule has 15 heavy (non-hydrogen) atoms. The van der Waals surface area contributed by atoms with E-state index in [1.54, 1.807) is 7.05 Å². The van der Waals surface area contributed by atoms with Crippen LogP contribution in [0.5, 0.6) is 0 Å². The van der Waals surface area contributed by atoms with Crippen molar-refractivity contribution in [1.29, 1.82) is 0 Å². The first-order valence-electron chi connectivity index (χ1n) is 5.20. The molecular formula is C12H18N2O. The van der Waals surface area contributed by atoms with Crippen LogP contribution in [0.2, 0.25) is 0 Å². The molecule has 0 aliphatic rings. The number of rotatable bonds is 5. The zero-order valence-corrected chi connectivity index (χ0v) is 9.29. The summed E-state index contributed by atoms with van der Waals surface area (Å²) in [5.74, 6) is 0.0425. The summed E-state index contributed by atoms with van der Waals surface area (Å²) in [5.41, 5.74) is 1.25. The highest BCUT2D eigenvalue weighted by molar-refractivity contribution is 5.78. The molecule has 0 unspecified atom stereocenters. The van der Waals surface area contributed by atoms with Gasteiger partial charge in [-0.25, -0.2) is 0 Å². The van der Waals surface area contributed by atoms with Crippen molar-refractivity contribution in [2.24, 2.45) is 0 Å². The van der Waals surface area contributed by atoms with E-state index in [0.29, 0.717) is 6.54 Å². The molecular weight excluding hydrogens is 188 g/mol. The number of nitrogens with one attached hydrogen (secondary N) is 2. The lowest BCUT2D eigenvalue weighted by Crippen LogP contribution is -2.39. The third-order valence-electron chi connectivity index (χ3n) is 2.13. The maximum Gasteiger partial charge on any atom is 0.234 e. The molecule has 1 aromatic carbocycles. The molecule has 3 nitrogen and oxygen atoms in total. The molecule has 0 radical (unpaired) electrons. The van der Waals surface area contributed by atoms with Crippen LogP contribution >= 0.6 is 0 Å². The number of likely N-dealkylation sites (N-methyl/N-ethyl adjacent to an activating group) is 1. The van der Waals surface area contributed by atoms with Crippen molar-refractivity contribution < 1.29 is 4.79 Å². The third kappa shape index (κ3) is 4.61. The van der Waals surface area contributed by atoms with Crippen molar-refractivity contribution in [2.75, 3.05) is 13.6 Å². The predicted molar refractivity (Wildman–Crippen MR) is 61.7 cm³/mol. The zero-order chi connectivity index (χ0) is 11.1. The molecule has 0 bridgehead atoms. The fraction of sp³-hybridized carbons (Fsp3) is 0.417. The van der Waals surface area contributed by atoms with Gasteiger partial charge in [0, 0.05) is 6.04 Å². The first kappa shape index (κ1) is 11.7. The molecule has 0 aliphatic heterocycles. The second-order valence-corrected chi connectivity index (χ2v) is 3.69. The molecule has 3 heteroatoms. The van der Waals surface area contributed by atoms with Crippen LogP contribution in [-0.2, 0) is 11.2 Å². The van der Waals surface area contributed by atoms with Gasteiger partial charge in [-0.3, -0.25) is 4.79 Å². The van der Waals surface area contributed by atoms with Gasteiger partial charge >= 0.3 is 0 Å². The monoisotopic (exact) mass is 206 g/mol. The Hall–Kier alpha value is -1.35. The Bertz CT molecular complexity index is 298. The number of hydrogen-bond donors (Lipinski definition) is 2. The summed E-state index contributed by atoms with van der Waals surface area (Å²) in [6.07, 6.45) is 0.871. The molecule has 82 valence electrons. The molecule has 0 aromatic heterocycles. The van der Waals surface area contributed by atoms with Gasteiger partial charge in [-0.15, -0.1) is 0 Å². The van der Waals surface area contributed by atoms with E-state index in [2.05, 4.69) is 22.8 Å². The van der Waals surface area contributed by atoms with E-state index in [1.165, 1.54) is 5.56 Å². The molecule has 0 aliphatic carbocycles. The van der Waals surface area contributed by atoms with Crippen LogP contribution in [0.15, 0.2) is 30.3 Å². The predicted octanol–water partition coefficient (Wildman–Crippen LogP) is 0.953. The van der Waals surface area contributed by atoms with Gasteiger partial charge in [0.2, 0.25) is 5.91 Å². The largest absolute Gasteiger partial charge is 0.352 e. The van der Waals surface area contributed by atoms with Crippen LogP contribution in [0.3, 0.4) is 0 Å². The van der Waals surface area contributed by atoms with E-state index in [4.69, 9.17) is 0 Å². The standard InChI is InChI=1S/C12H18N2O/c1-10(14-12(15)9-13-2)8-11-6-4-3-5-7-11/h3-7,10,13H,8-9H2,1-2H3,(H,14,15)/t10-/m0/s1. The van der Waals surface area contributed by atoms with Gasteiger partial charge in [-0.05, 0) is 26.0 Å². The number of benzene rings is 1. The van der Waals surface area contributed by atoms with E-state index in [0.717, 1.165) is 6.42 Å². The average Bonchev–Trinajstić information content (AvgIpc) is 2.19. The van der Waals surface area contributed by atoms with E-state index in [1.807, 2.05) is 25.1 Å². The van der Waals surface area contributed by atoms with Crippen LogP contribution in [0.25, 0.3) is 0 Å². The maximum atomic E-state index is 11.3. The second-order valence-electron chi connectivity index (χ2n) is 3.69. The molecule has 0 saturated heterocycles. The van der Waals surface area contributed by atoms with Gasteiger partial charge in [-0.1, -0.05) is 30.3 Å². The fourth-order valence-corrected chi connectivity index (χ4v) is 1.51. The van der Waals surface area contributed by atoms with Crippen LogP contribution < -0.4 is 10.6 Å². The van der Waals surface area contributed by atoms with Crippen molar-refractivity contribution >= 4 is 5.91 Å². The molecule has 1 rings (SSSR count). The summed E-state index contributed by atoms with van der Waals surface area (Å²) in [6.45, 7) is 2.39. The van der Waals surface area contributed by atoms with E-state index < -0.39 is 0 Å². The molecule has 1 aromatic rings.